The molecular formula is C18H25N7O. The molecule has 0 aliphatic carbocycles. The zero-order valence-electron chi connectivity index (χ0n) is 15.6. The average Bonchev–Trinajstić information content (AvgIpc) is 2.58. The van der Waals surface area contributed by atoms with Crippen molar-refractivity contribution in [1.82, 2.24) is 15.0 Å². The lowest BCUT2D eigenvalue weighted by molar-refractivity contribution is 0.327. The Morgan fingerprint density at radius 3 is 2.08 bits per heavy atom. The van der Waals surface area contributed by atoms with E-state index in [0.717, 1.165) is 5.75 Å². The van der Waals surface area contributed by atoms with Crippen molar-refractivity contribution in [3.8, 4) is 11.9 Å². The molecule has 0 radical (unpaired) electrons. The monoisotopic (exact) mass is 355 g/mol. The lowest BCUT2D eigenvalue weighted by Crippen LogP contribution is -2.27. The smallest absolute Gasteiger partial charge is 0.245 e. The molecule has 26 heavy (non-hydrogen) atoms. The van der Waals surface area contributed by atoms with Gasteiger partial charge < -0.3 is 15.4 Å². The third-order valence-electron chi connectivity index (χ3n) is 3.15. The SMILES string of the molecule is CC(C)Nc1nc(NC(C)C)nc(N(C#N)CCOc2ccccc2)n1. The van der Waals surface area contributed by atoms with Crippen molar-refractivity contribution in [3.63, 3.8) is 0 Å². The number of hydrogen-bond acceptors (Lipinski definition) is 8. The fourth-order valence-corrected chi connectivity index (χ4v) is 2.10. The van der Waals surface area contributed by atoms with Gasteiger partial charge in [-0.05, 0) is 39.8 Å². The number of para-hydroxylation sites is 1. The summed E-state index contributed by atoms with van der Waals surface area (Å²) < 4.78 is 5.65. The Bertz CT molecular complexity index is 700. The highest BCUT2D eigenvalue weighted by Crippen LogP contribution is 2.15. The predicted octanol–water partition coefficient (Wildman–Crippen LogP) is 2.88. The molecule has 2 rings (SSSR count). The van der Waals surface area contributed by atoms with Crippen LogP contribution >= 0.6 is 0 Å². The Balaban J connectivity index is 2.12. The molecule has 0 unspecified atom stereocenters. The van der Waals surface area contributed by atoms with E-state index >= 15 is 0 Å². The first-order valence-electron chi connectivity index (χ1n) is 8.62. The molecule has 0 aliphatic heterocycles. The van der Waals surface area contributed by atoms with Crippen LogP contribution in [0.25, 0.3) is 0 Å². The number of ether oxygens (including phenoxy) is 1. The van der Waals surface area contributed by atoms with Crippen molar-refractivity contribution in [2.45, 2.75) is 39.8 Å². The van der Waals surface area contributed by atoms with Crippen LogP contribution in [0.3, 0.4) is 0 Å². The van der Waals surface area contributed by atoms with Crippen molar-refractivity contribution < 1.29 is 4.74 Å². The van der Waals surface area contributed by atoms with Crippen LogP contribution in [0.2, 0.25) is 0 Å². The second-order valence-corrected chi connectivity index (χ2v) is 6.29. The molecule has 138 valence electrons. The van der Waals surface area contributed by atoms with Crippen LogP contribution in [0.5, 0.6) is 5.75 Å². The molecule has 0 amide bonds. The molecule has 8 heteroatoms. The molecular weight excluding hydrogens is 330 g/mol. The van der Waals surface area contributed by atoms with E-state index < -0.39 is 0 Å². The molecule has 0 saturated carbocycles. The van der Waals surface area contributed by atoms with E-state index in [0.29, 0.717) is 25.0 Å². The molecule has 0 fully saturated rings. The molecule has 1 aromatic heterocycles. The topological polar surface area (TPSA) is 99.0 Å². The van der Waals surface area contributed by atoms with Gasteiger partial charge in [0.1, 0.15) is 12.4 Å². The molecule has 1 aromatic carbocycles. The van der Waals surface area contributed by atoms with Gasteiger partial charge in [0, 0.05) is 12.1 Å². The van der Waals surface area contributed by atoms with Gasteiger partial charge in [0.15, 0.2) is 6.19 Å². The van der Waals surface area contributed by atoms with Gasteiger partial charge in [-0.25, -0.2) is 4.90 Å². The highest BCUT2D eigenvalue weighted by atomic mass is 16.5. The molecule has 0 bridgehead atoms. The maximum Gasteiger partial charge on any atom is 0.245 e. The summed E-state index contributed by atoms with van der Waals surface area (Å²) in [5.74, 6) is 1.89. The highest BCUT2D eigenvalue weighted by molar-refractivity contribution is 5.46. The van der Waals surface area contributed by atoms with E-state index in [9.17, 15) is 5.26 Å². The van der Waals surface area contributed by atoms with Crippen LogP contribution in [0.4, 0.5) is 17.8 Å². The quantitative estimate of drug-likeness (QED) is 0.523. The minimum Gasteiger partial charge on any atom is -0.492 e. The van der Waals surface area contributed by atoms with Gasteiger partial charge in [0.2, 0.25) is 17.8 Å². The summed E-state index contributed by atoms with van der Waals surface area (Å²) in [7, 11) is 0. The van der Waals surface area contributed by atoms with Crippen LogP contribution < -0.4 is 20.3 Å². The molecule has 0 saturated heterocycles. The lowest BCUT2D eigenvalue weighted by Gasteiger charge is -2.17. The Labute approximate surface area is 154 Å². The van der Waals surface area contributed by atoms with Crippen molar-refractivity contribution in [3.05, 3.63) is 30.3 Å². The first kappa shape index (κ1) is 19.2. The number of rotatable bonds is 9. The summed E-state index contributed by atoms with van der Waals surface area (Å²) in [4.78, 5) is 14.4. The molecule has 0 aliphatic rings. The summed E-state index contributed by atoms with van der Waals surface area (Å²) in [6, 6.07) is 9.78. The molecule has 0 atom stereocenters. The van der Waals surface area contributed by atoms with E-state index in [-0.39, 0.29) is 18.0 Å². The summed E-state index contributed by atoms with van der Waals surface area (Å²) in [6.45, 7) is 8.65. The number of hydrogen-bond donors (Lipinski definition) is 2. The summed E-state index contributed by atoms with van der Waals surface area (Å²) in [6.07, 6.45) is 2.11. The van der Waals surface area contributed by atoms with Crippen molar-refractivity contribution in [2.75, 3.05) is 28.7 Å². The van der Waals surface area contributed by atoms with Crippen molar-refractivity contribution in [1.29, 1.82) is 5.26 Å². The number of nitriles is 1. The summed E-state index contributed by atoms with van der Waals surface area (Å²) in [5.41, 5.74) is 0. The summed E-state index contributed by atoms with van der Waals surface area (Å²) >= 11 is 0. The molecule has 8 nitrogen and oxygen atoms in total. The number of nitrogens with one attached hydrogen (secondary N) is 2. The van der Waals surface area contributed by atoms with Crippen LogP contribution in [0.15, 0.2) is 30.3 Å². The van der Waals surface area contributed by atoms with E-state index in [1.54, 1.807) is 0 Å². The van der Waals surface area contributed by atoms with Gasteiger partial charge in [-0.15, -0.1) is 0 Å². The minimum atomic E-state index is 0.161. The molecule has 1 heterocycles. The lowest BCUT2D eigenvalue weighted by atomic mass is 10.3. The Morgan fingerprint density at radius 2 is 1.58 bits per heavy atom. The molecule has 0 spiro atoms. The zero-order chi connectivity index (χ0) is 18.9. The third kappa shape index (κ3) is 6.09. The maximum absolute atomic E-state index is 9.50. The molecule has 2 aromatic rings. The number of nitrogens with zero attached hydrogens (tertiary/aromatic N) is 5. The van der Waals surface area contributed by atoms with Crippen LogP contribution in [0.1, 0.15) is 27.7 Å². The minimum absolute atomic E-state index is 0.161. The standard InChI is InChI=1S/C18H25N7O/c1-13(2)20-16-22-17(21-14(3)4)24-18(23-16)25(12-19)10-11-26-15-8-6-5-7-9-15/h5-9,13-14H,10-11H2,1-4H3,(H2,20,21,22,23,24). The summed E-state index contributed by atoms with van der Waals surface area (Å²) in [5, 5.41) is 15.8. The van der Waals surface area contributed by atoms with E-state index in [2.05, 4.69) is 31.8 Å². The number of anilines is 3. The van der Waals surface area contributed by atoms with Gasteiger partial charge in [-0.2, -0.15) is 20.2 Å². The second-order valence-electron chi connectivity index (χ2n) is 6.29. The number of aromatic nitrogens is 3. The van der Waals surface area contributed by atoms with E-state index in [1.807, 2.05) is 58.0 Å². The van der Waals surface area contributed by atoms with Gasteiger partial charge in [0.25, 0.3) is 0 Å². The number of benzene rings is 1. The van der Waals surface area contributed by atoms with Crippen molar-refractivity contribution in [2.24, 2.45) is 0 Å². The normalized spacial score (nSPS) is 10.5. The Hall–Kier alpha value is -3.08. The maximum atomic E-state index is 9.50. The van der Waals surface area contributed by atoms with Gasteiger partial charge in [-0.1, -0.05) is 18.2 Å². The zero-order valence-corrected chi connectivity index (χ0v) is 15.6. The Morgan fingerprint density at radius 1 is 1.00 bits per heavy atom. The largest absolute Gasteiger partial charge is 0.492 e. The fraction of sp³-hybridized carbons (Fsp3) is 0.444. The van der Waals surface area contributed by atoms with Gasteiger partial charge in [0.05, 0.1) is 6.54 Å². The van der Waals surface area contributed by atoms with Crippen LogP contribution in [-0.4, -0.2) is 40.2 Å². The van der Waals surface area contributed by atoms with Crippen LogP contribution in [0, 0.1) is 11.5 Å². The highest BCUT2D eigenvalue weighted by Gasteiger charge is 2.14. The van der Waals surface area contributed by atoms with Gasteiger partial charge >= 0.3 is 0 Å². The van der Waals surface area contributed by atoms with Crippen LogP contribution in [-0.2, 0) is 0 Å². The average molecular weight is 355 g/mol. The first-order valence-corrected chi connectivity index (χ1v) is 8.62. The molecule has 2 N–H and O–H groups in total. The third-order valence-corrected chi connectivity index (χ3v) is 3.15. The van der Waals surface area contributed by atoms with Gasteiger partial charge in [-0.3, -0.25) is 0 Å². The second kappa shape index (κ2) is 9.42. The predicted molar refractivity (Wildman–Crippen MR) is 102 cm³/mol. The first-order chi connectivity index (χ1) is 12.5. The Kier molecular flexibility index (Phi) is 6.97. The van der Waals surface area contributed by atoms with E-state index in [4.69, 9.17) is 4.74 Å². The van der Waals surface area contributed by atoms with Crippen molar-refractivity contribution >= 4 is 17.8 Å². The fourth-order valence-electron chi connectivity index (χ4n) is 2.10. The van der Waals surface area contributed by atoms with E-state index in [1.165, 1.54) is 4.90 Å².